The molecule has 4 aromatic carbocycles. The molecular weight excluding hydrogens is 552 g/mol. The monoisotopic (exact) mass is 594 g/mol. The number of rotatable bonds is 14. The Labute approximate surface area is 261 Å². The van der Waals surface area contributed by atoms with Gasteiger partial charge in [0.25, 0.3) is 0 Å². The van der Waals surface area contributed by atoms with Crippen LogP contribution in [0.3, 0.4) is 0 Å². The van der Waals surface area contributed by atoms with E-state index < -0.39 is 0 Å². The van der Waals surface area contributed by atoms with Crippen molar-refractivity contribution in [3.8, 4) is 0 Å². The van der Waals surface area contributed by atoms with Gasteiger partial charge in [0.1, 0.15) is 18.3 Å². The summed E-state index contributed by atoms with van der Waals surface area (Å²) < 4.78 is 26.8. The molecule has 5 atom stereocenters. The fraction of sp³-hybridized carbons (Fsp3) is 0.316. The van der Waals surface area contributed by atoms with E-state index in [2.05, 4.69) is 93.2 Å². The molecule has 1 fully saturated rings. The zero-order valence-electron chi connectivity index (χ0n) is 25.1. The second-order valence-corrected chi connectivity index (χ2v) is 12.5. The first-order chi connectivity index (χ1) is 21.0. The van der Waals surface area contributed by atoms with Gasteiger partial charge in [-0.25, -0.2) is 0 Å². The average molecular weight is 595 g/mol. The lowest BCUT2D eigenvalue weighted by Gasteiger charge is -2.46. The molecule has 4 aromatic rings. The second-order valence-electron chi connectivity index (χ2n) is 11.3. The summed E-state index contributed by atoms with van der Waals surface area (Å²) in [6.45, 7) is 10.3. The molecule has 4 nitrogen and oxygen atoms in total. The standard InChI is InChI=1S/C38H42O4S/c1-28(2)23-34-38(43-33-21-19-29(3)20-22-33)37(41-26-32-17-11-6-12-18-32)36(40-25-31-15-9-5-10-16-31)35(42-34)27-39-24-30-13-7-4-8-14-30/h4-22,34-38H,1,23-27H2,2-3H3/t34-,35-,36-,37+,38-/m1/s1. The summed E-state index contributed by atoms with van der Waals surface area (Å²) in [5.41, 5.74) is 5.68. The minimum atomic E-state index is -0.344. The molecule has 0 bridgehead atoms. The van der Waals surface area contributed by atoms with Crippen molar-refractivity contribution in [1.82, 2.24) is 0 Å². The molecule has 5 heteroatoms. The van der Waals surface area contributed by atoms with Crippen LogP contribution < -0.4 is 0 Å². The van der Waals surface area contributed by atoms with Crippen LogP contribution in [0, 0.1) is 6.92 Å². The Morgan fingerprint density at radius 3 is 1.72 bits per heavy atom. The lowest BCUT2D eigenvalue weighted by Crippen LogP contribution is -2.59. The molecule has 0 unspecified atom stereocenters. The zero-order valence-corrected chi connectivity index (χ0v) is 26.0. The number of benzene rings is 4. The predicted octanol–water partition coefficient (Wildman–Crippen LogP) is 8.58. The summed E-state index contributed by atoms with van der Waals surface area (Å²) in [6, 6.07) is 39.5. The molecule has 0 radical (unpaired) electrons. The Morgan fingerprint density at radius 1 is 0.674 bits per heavy atom. The van der Waals surface area contributed by atoms with Crippen molar-refractivity contribution in [2.75, 3.05) is 6.61 Å². The van der Waals surface area contributed by atoms with Gasteiger partial charge in [-0.15, -0.1) is 18.3 Å². The summed E-state index contributed by atoms with van der Waals surface area (Å²) in [7, 11) is 0. The number of aryl methyl sites for hydroxylation is 1. The van der Waals surface area contributed by atoms with Crippen LogP contribution in [0.5, 0.6) is 0 Å². The molecule has 5 rings (SSSR count). The van der Waals surface area contributed by atoms with E-state index in [0.717, 1.165) is 28.7 Å². The highest BCUT2D eigenvalue weighted by atomic mass is 32.2. The maximum atomic E-state index is 6.92. The van der Waals surface area contributed by atoms with Crippen LogP contribution in [0.1, 0.15) is 35.6 Å². The lowest BCUT2D eigenvalue weighted by atomic mass is 9.93. The fourth-order valence-corrected chi connectivity index (χ4v) is 6.63. The third kappa shape index (κ3) is 9.40. The van der Waals surface area contributed by atoms with Gasteiger partial charge in [-0.05, 0) is 49.1 Å². The molecule has 0 aromatic heterocycles. The maximum absolute atomic E-state index is 6.92. The highest BCUT2D eigenvalue weighted by Gasteiger charge is 2.48. The SMILES string of the molecule is C=C(C)C[C@H]1O[C@H](COCc2ccccc2)[C@@H](OCc2ccccc2)[C@H](OCc2ccccc2)[C@@H]1Sc1ccc(C)cc1. The molecule has 0 amide bonds. The van der Waals surface area contributed by atoms with E-state index in [9.17, 15) is 0 Å². The summed E-state index contributed by atoms with van der Waals surface area (Å²) in [5, 5.41) is -0.0192. The number of ether oxygens (including phenoxy) is 4. The van der Waals surface area contributed by atoms with Gasteiger partial charge >= 0.3 is 0 Å². The van der Waals surface area contributed by atoms with E-state index in [1.807, 2.05) is 42.5 Å². The van der Waals surface area contributed by atoms with E-state index in [1.54, 1.807) is 11.8 Å². The van der Waals surface area contributed by atoms with Crippen LogP contribution in [0.2, 0.25) is 0 Å². The van der Waals surface area contributed by atoms with E-state index in [1.165, 1.54) is 10.5 Å². The van der Waals surface area contributed by atoms with Crippen molar-refractivity contribution < 1.29 is 18.9 Å². The van der Waals surface area contributed by atoms with Crippen LogP contribution in [-0.2, 0) is 38.8 Å². The van der Waals surface area contributed by atoms with Crippen LogP contribution in [0.25, 0.3) is 0 Å². The van der Waals surface area contributed by atoms with Crippen molar-refractivity contribution in [2.45, 2.75) is 74.7 Å². The predicted molar refractivity (Wildman–Crippen MR) is 175 cm³/mol. The Morgan fingerprint density at radius 2 is 1.19 bits per heavy atom. The smallest absolute Gasteiger partial charge is 0.114 e. The Hall–Kier alpha value is -3.19. The normalized spacial score (nSPS) is 21.9. The molecule has 1 saturated heterocycles. The number of hydrogen-bond acceptors (Lipinski definition) is 5. The van der Waals surface area contributed by atoms with Crippen LogP contribution in [0.15, 0.2) is 132 Å². The lowest BCUT2D eigenvalue weighted by molar-refractivity contribution is -0.216. The summed E-state index contributed by atoms with van der Waals surface area (Å²) >= 11 is 1.80. The van der Waals surface area contributed by atoms with Gasteiger partial charge in [0.2, 0.25) is 0 Å². The molecule has 1 heterocycles. The molecule has 0 saturated carbocycles. The average Bonchev–Trinajstić information content (AvgIpc) is 3.03. The molecule has 1 aliphatic heterocycles. The third-order valence-corrected chi connectivity index (χ3v) is 8.93. The Bertz CT molecular complexity index is 1380. The van der Waals surface area contributed by atoms with Crippen molar-refractivity contribution in [3.05, 3.63) is 150 Å². The van der Waals surface area contributed by atoms with Gasteiger partial charge in [0.15, 0.2) is 0 Å². The van der Waals surface area contributed by atoms with Gasteiger partial charge in [0.05, 0.1) is 37.8 Å². The van der Waals surface area contributed by atoms with Crippen LogP contribution >= 0.6 is 11.8 Å². The van der Waals surface area contributed by atoms with Crippen molar-refractivity contribution in [3.63, 3.8) is 0 Å². The first-order valence-corrected chi connectivity index (χ1v) is 15.9. The number of hydrogen-bond donors (Lipinski definition) is 0. The van der Waals surface area contributed by atoms with E-state index in [-0.39, 0.29) is 29.7 Å². The minimum absolute atomic E-state index is 0.0192. The largest absolute Gasteiger partial charge is 0.374 e. The topological polar surface area (TPSA) is 36.9 Å². The zero-order chi connectivity index (χ0) is 29.9. The minimum Gasteiger partial charge on any atom is -0.374 e. The second kappa shape index (κ2) is 16.0. The van der Waals surface area contributed by atoms with Gasteiger partial charge in [0, 0.05) is 4.90 Å². The highest BCUT2D eigenvalue weighted by Crippen LogP contribution is 2.40. The Balaban J connectivity index is 1.45. The molecule has 0 aliphatic carbocycles. The van der Waals surface area contributed by atoms with Gasteiger partial charge in [-0.1, -0.05) is 114 Å². The molecular formula is C38H42O4S. The molecule has 1 aliphatic rings. The third-order valence-electron chi connectivity index (χ3n) is 7.54. The Kier molecular flexibility index (Phi) is 11.7. The van der Waals surface area contributed by atoms with Crippen molar-refractivity contribution in [2.24, 2.45) is 0 Å². The summed E-state index contributed by atoms with van der Waals surface area (Å²) in [4.78, 5) is 1.18. The van der Waals surface area contributed by atoms with Crippen molar-refractivity contribution in [1.29, 1.82) is 0 Å². The first-order valence-electron chi connectivity index (χ1n) is 15.0. The van der Waals surface area contributed by atoms with E-state index in [4.69, 9.17) is 18.9 Å². The van der Waals surface area contributed by atoms with E-state index in [0.29, 0.717) is 26.4 Å². The molecule has 0 N–H and O–H groups in total. The van der Waals surface area contributed by atoms with Gasteiger partial charge in [-0.3, -0.25) is 0 Å². The highest BCUT2D eigenvalue weighted by molar-refractivity contribution is 8.00. The first kappa shape index (κ1) is 31.2. The van der Waals surface area contributed by atoms with Gasteiger partial charge < -0.3 is 18.9 Å². The van der Waals surface area contributed by atoms with Crippen LogP contribution in [0.4, 0.5) is 0 Å². The maximum Gasteiger partial charge on any atom is 0.114 e. The molecule has 0 spiro atoms. The number of thioether (sulfide) groups is 1. The van der Waals surface area contributed by atoms with Crippen LogP contribution in [-0.4, -0.2) is 36.3 Å². The molecule has 224 valence electrons. The van der Waals surface area contributed by atoms with Crippen molar-refractivity contribution >= 4 is 11.8 Å². The summed E-state index contributed by atoms with van der Waals surface area (Å²) in [5.74, 6) is 0. The fourth-order valence-electron chi connectivity index (χ4n) is 5.34. The van der Waals surface area contributed by atoms with Gasteiger partial charge in [-0.2, -0.15) is 0 Å². The molecule has 43 heavy (non-hydrogen) atoms. The van der Waals surface area contributed by atoms with E-state index >= 15 is 0 Å². The quantitative estimate of drug-likeness (QED) is 0.137. The summed E-state index contributed by atoms with van der Waals surface area (Å²) in [6.07, 6.45) is -0.295.